The van der Waals surface area contributed by atoms with E-state index in [-0.39, 0.29) is 12.6 Å². The number of aromatic nitrogens is 1. The Morgan fingerprint density at radius 1 is 0.968 bits per heavy atom. The molecule has 6 heteroatoms. The van der Waals surface area contributed by atoms with E-state index in [1.165, 1.54) is 0 Å². The minimum Gasteiger partial charge on any atom is -0.497 e. The van der Waals surface area contributed by atoms with Crippen molar-refractivity contribution in [2.75, 3.05) is 12.4 Å². The summed E-state index contributed by atoms with van der Waals surface area (Å²) >= 11 is 0. The van der Waals surface area contributed by atoms with Gasteiger partial charge in [-0.2, -0.15) is 0 Å². The zero-order chi connectivity index (χ0) is 21.8. The normalized spacial score (nSPS) is 11.0. The first-order valence-corrected chi connectivity index (χ1v) is 10.2. The van der Waals surface area contributed by atoms with Crippen LogP contribution < -0.4 is 15.4 Å². The predicted octanol–water partition coefficient (Wildman–Crippen LogP) is 5.77. The van der Waals surface area contributed by atoms with E-state index in [4.69, 9.17) is 14.5 Å². The first kappa shape index (κ1) is 20.5. The van der Waals surface area contributed by atoms with Crippen LogP contribution in [0.5, 0.6) is 5.75 Å². The number of anilines is 2. The summed E-state index contributed by atoms with van der Waals surface area (Å²) in [5, 5.41) is 8.27. The topological polar surface area (TPSA) is 72.5 Å². The van der Waals surface area contributed by atoms with E-state index in [0.717, 1.165) is 44.5 Å². The van der Waals surface area contributed by atoms with Crippen LogP contribution in [0.2, 0.25) is 0 Å². The molecule has 1 aromatic heterocycles. The highest BCUT2D eigenvalue weighted by atomic mass is 16.5. The van der Waals surface area contributed by atoms with Gasteiger partial charge in [0.15, 0.2) is 0 Å². The van der Waals surface area contributed by atoms with Crippen LogP contribution in [0.25, 0.3) is 21.8 Å². The van der Waals surface area contributed by atoms with Gasteiger partial charge < -0.3 is 20.1 Å². The van der Waals surface area contributed by atoms with Gasteiger partial charge in [-0.3, -0.25) is 0 Å². The molecule has 3 aromatic carbocycles. The molecule has 0 fully saturated rings. The molecule has 0 unspecified atom stereocenters. The zero-order valence-corrected chi connectivity index (χ0v) is 17.8. The first-order valence-electron chi connectivity index (χ1n) is 10.2. The number of nitrogens with zero attached hydrogens (tertiary/aromatic N) is 1. The Hall–Kier alpha value is -3.80. The Bertz CT molecular complexity index is 1220. The van der Waals surface area contributed by atoms with E-state index in [9.17, 15) is 4.79 Å². The van der Waals surface area contributed by atoms with Crippen LogP contribution >= 0.6 is 0 Å². The monoisotopic (exact) mass is 415 g/mol. The van der Waals surface area contributed by atoms with Crippen molar-refractivity contribution in [3.63, 3.8) is 0 Å². The fourth-order valence-corrected chi connectivity index (χ4v) is 3.39. The van der Waals surface area contributed by atoms with E-state index in [2.05, 4.69) is 16.7 Å². The van der Waals surface area contributed by atoms with Crippen LogP contribution in [0, 0.1) is 0 Å². The Labute approximate surface area is 181 Å². The minimum atomic E-state index is -0.416. The lowest BCUT2D eigenvalue weighted by molar-refractivity contribution is 0.137. The van der Waals surface area contributed by atoms with Crippen molar-refractivity contribution in [3.05, 3.63) is 72.3 Å². The molecule has 4 aromatic rings. The van der Waals surface area contributed by atoms with Gasteiger partial charge in [-0.15, -0.1) is 0 Å². The minimum absolute atomic E-state index is 0.0442. The maximum atomic E-state index is 11.7. The van der Waals surface area contributed by atoms with E-state index < -0.39 is 6.09 Å². The summed E-state index contributed by atoms with van der Waals surface area (Å²) < 4.78 is 10.7. The van der Waals surface area contributed by atoms with Gasteiger partial charge in [0.2, 0.25) is 0 Å². The van der Waals surface area contributed by atoms with Crippen LogP contribution in [0.4, 0.5) is 16.2 Å². The highest BCUT2D eigenvalue weighted by Gasteiger charge is 2.11. The second-order valence-corrected chi connectivity index (χ2v) is 7.58. The highest BCUT2D eigenvalue weighted by molar-refractivity contribution is 6.09. The van der Waals surface area contributed by atoms with Gasteiger partial charge in [0.1, 0.15) is 12.4 Å². The van der Waals surface area contributed by atoms with Gasteiger partial charge in [-0.1, -0.05) is 30.3 Å². The highest BCUT2D eigenvalue weighted by Crippen LogP contribution is 2.35. The number of fused-ring (bicyclic) bond motifs is 2. The van der Waals surface area contributed by atoms with E-state index in [0.29, 0.717) is 0 Å². The van der Waals surface area contributed by atoms with Crippen molar-refractivity contribution in [1.82, 2.24) is 10.3 Å². The van der Waals surface area contributed by atoms with Crippen molar-refractivity contribution in [2.24, 2.45) is 0 Å². The van der Waals surface area contributed by atoms with E-state index in [1.807, 2.05) is 74.5 Å². The van der Waals surface area contributed by atoms with E-state index >= 15 is 0 Å². The predicted molar refractivity (Wildman–Crippen MR) is 124 cm³/mol. The van der Waals surface area contributed by atoms with Gasteiger partial charge in [0.05, 0.1) is 23.8 Å². The summed E-state index contributed by atoms with van der Waals surface area (Å²) in [6.07, 6.45) is -0.416. The van der Waals surface area contributed by atoms with Crippen molar-refractivity contribution >= 4 is 39.3 Å². The molecule has 0 saturated heterocycles. The fraction of sp³-hybridized carbons (Fsp3) is 0.200. The lowest BCUT2D eigenvalue weighted by Crippen LogP contribution is -2.30. The number of ether oxygens (including phenoxy) is 2. The van der Waals surface area contributed by atoms with Crippen molar-refractivity contribution in [1.29, 1.82) is 0 Å². The molecular formula is C25H25N3O3. The van der Waals surface area contributed by atoms with Crippen LogP contribution in [0.15, 0.2) is 66.7 Å². The molecule has 1 amide bonds. The van der Waals surface area contributed by atoms with Crippen molar-refractivity contribution in [3.8, 4) is 5.75 Å². The van der Waals surface area contributed by atoms with Gasteiger partial charge in [0, 0.05) is 22.5 Å². The summed E-state index contributed by atoms with van der Waals surface area (Å²) in [6.45, 7) is 4.00. The zero-order valence-electron chi connectivity index (χ0n) is 17.8. The largest absolute Gasteiger partial charge is 0.497 e. The lowest BCUT2D eigenvalue weighted by atomic mass is 10.1. The fourth-order valence-electron chi connectivity index (χ4n) is 3.39. The summed E-state index contributed by atoms with van der Waals surface area (Å²) in [4.78, 5) is 16.5. The van der Waals surface area contributed by atoms with Crippen LogP contribution in [0.1, 0.15) is 19.4 Å². The summed E-state index contributed by atoms with van der Waals surface area (Å²) in [6, 6.07) is 21.8. The first-order chi connectivity index (χ1) is 15.0. The van der Waals surface area contributed by atoms with E-state index in [1.54, 1.807) is 7.11 Å². The Morgan fingerprint density at radius 2 is 1.71 bits per heavy atom. The molecule has 1 heterocycles. The molecule has 6 nitrogen and oxygen atoms in total. The number of benzene rings is 3. The smallest absolute Gasteiger partial charge is 0.407 e. The number of hydrogen-bond acceptors (Lipinski definition) is 5. The number of carbonyl (C=O) groups is 1. The third kappa shape index (κ3) is 4.69. The molecule has 0 atom stereocenters. The molecule has 31 heavy (non-hydrogen) atoms. The third-order valence-electron chi connectivity index (χ3n) is 4.89. The van der Waals surface area contributed by atoms with Crippen molar-refractivity contribution in [2.45, 2.75) is 26.5 Å². The summed E-state index contributed by atoms with van der Waals surface area (Å²) in [5.74, 6) is 0.778. The van der Waals surface area contributed by atoms with Crippen molar-refractivity contribution < 1.29 is 14.3 Å². The Kier molecular flexibility index (Phi) is 5.89. The van der Waals surface area contributed by atoms with Gasteiger partial charge in [-0.25, -0.2) is 9.78 Å². The second kappa shape index (κ2) is 8.92. The van der Waals surface area contributed by atoms with Gasteiger partial charge in [0.25, 0.3) is 0 Å². The quantitative estimate of drug-likeness (QED) is 0.391. The average Bonchev–Trinajstić information content (AvgIpc) is 2.77. The molecule has 0 saturated carbocycles. The Morgan fingerprint density at radius 3 is 2.45 bits per heavy atom. The van der Waals surface area contributed by atoms with Crippen LogP contribution in [0.3, 0.4) is 0 Å². The number of amides is 1. The molecule has 2 N–H and O–H groups in total. The summed E-state index contributed by atoms with van der Waals surface area (Å²) in [7, 11) is 1.66. The number of pyridine rings is 1. The number of para-hydroxylation sites is 1. The molecule has 0 bridgehead atoms. The SMILES string of the molecule is COc1ccc2nc3ccccc3c(Nc3ccc(COC(=O)NC(C)C)cc3)c2c1. The maximum Gasteiger partial charge on any atom is 0.407 e. The number of rotatable bonds is 6. The average molecular weight is 415 g/mol. The molecule has 158 valence electrons. The molecule has 4 rings (SSSR count). The molecule has 0 spiro atoms. The number of nitrogens with one attached hydrogen (secondary N) is 2. The molecule has 0 radical (unpaired) electrons. The third-order valence-corrected chi connectivity index (χ3v) is 4.89. The number of methoxy groups -OCH3 is 1. The number of alkyl carbamates (subject to hydrolysis) is 1. The van der Waals surface area contributed by atoms with Crippen LogP contribution in [-0.4, -0.2) is 24.2 Å². The number of carbonyl (C=O) groups excluding carboxylic acids is 1. The maximum absolute atomic E-state index is 11.7. The Balaban J connectivity index is 1.62. The second-order valence-electron chi connectivity index (χ2n) is 7.58. The summed E-state index contributed by atoms with van der Waals surface area (Å²) in [5.41, 5.74) is 4.62. The molecule has 0 aliphatic carbocycles. The molecule has 0 aliphatic heterocycles. The number of hydrogen-bond donors (Lipinski definition) is 2. The lowest BCUT2D eigenvalue weighted by Gasteiger charge is -2.15. The van der Waals surface area contributed by atoms with Gasteiger partial charge in [-0.05, 0) is 55.8 Å². The van der Waals surface area contributed by atoms with Gasteiger partial charge >= 0.3 is 6.09 Å². The standard InChI is InChI=1S/C25H25N3O3/c1-16(2)26-25(29)31-15-17-8-10-18(11-9-17)27-24-20-6-4-5-7-22(20)28-23-13-12-19(30-3)14-21(23)24/h4-14,16H,15H2,1-3H3,(H,26,29)(H,27,28). The molecule has 0 aliphatic rings. The van der Waals surface area contributed by atoms with Crippen LogP contribution in [-0.2, 0) is 11.3 Å². The molecular weight excluding hydrogens is 390 g/mol.